The largest absolute Gasteiger partial charge is 0.461 e. The summed E-state index contributed by atoms with van der Waals surface area (Å²) in [5.41, 5.74) is 5.49. The van der Waals surface area contributed by atoms with Crippen molar-refractivity contribution in [1.29, 1.82) is 0 Å². The van der Waals surface area contributed by atoms with Crippen molar-refractivity contribution in [3.63, 3.8) is 0 Å². The van der Waals surface area contributed by atoms with Crippen molar-refractivity contribution in [3.8, 4) is 0 Å². The maximum Gasteiger partial charge on any atom is 0.134 e. The highest BCUT2D eigenvalue weighted by Crippen LogP contribution is 2.25. The van der Waals surface area contributed by atoms with Crippen molar-refractivity contribution in [2.24, 2.45) is 0 Å². The summed E-state index contributed by atoms with van der Waals surface area (Å²) in [6.07, 6.45) is 3.97. The second-order valence-corrected chi connectivity index (χ2v) is 4.06. The fourth-order valence-corrected chi connectivity index (χ4v) is 2.05. The van der Waals surface area contributed by atoms with Crippen LogP contribution < -0.4 is 5.43 Å². The summed E-state index contributed by atoms with van der Waals surface area (Å²) in [7, 11) is 0. The van der Waals surface area contributed by atoms with Crippen LogP contribution in [0.2, 0.25) is 0 Å². The molecule has 3 aromatic rings. The van der Waals surface area contributed by atoms with Crippen LogP contribution >= 0.6 is 0 Å². The first kappa shape index (κ1) is 10.0. The van der Waals surface area contributed by atoms with E-state index in [2.05, 4.69) is 11.5 Å². The molecular formula is C14H14N2O. The number of nitrogens with zero attached hydrogens (tertiary/aromatic N) is 1. The Hall–Kier alpha value is -2.16. The molecule has 3 heteroatoms. The molecule has 1 aromatic carbocycles. The fraction of sp³-hybridized carbons (Fsp3) is 0.143. The average Bonchev–Trinajstić information content (AvgIpc) is 2.93. The average molecular weight is 226 g/mol. The van der Waals surface area contributed by atoms with Crippen LogP contribution in [0.3, 0.4) is 0 Å². The van der Waals surface area contributed by atoms with E-state index in [0.29, 0.717) is 0 Å². The van der Waals surface area contributed by atoms with E-state index in [4.69, 9.17) is 4.42 Å². The lowest BCUT2D eigenvalue weighted by Gasteiger charge is -2.06. The van der Waals surface area contributed by atoms with E-state index in [0.717, 1.165) is 17.9 Å². The maximum absolute atomic E-state index is 5.72. The van der Waals surface area contributed by atoms with E-state index in [1.165, 1.54) is 10.9 Å². The van der Waals surface area contributed by atoms with Crippen molar-refractivity contribution >= 4 is 11.0 Å². The number of benzene rings is 1. The van der Waals surface area contributed by atoms with Gasteiger partial charge >= 0.3 is 0 Å². The van der Waals surface area contributed by atoms with Crippen LogP contribution in [0.1, 0.15) is 11.3 Å². The molecule has 1 N–H and O–H groups in total. The molecule has 17 heavy (non-hydrogen) atoms. The molecule has 0 aliphatic rings. The SMILES string of the molecule is Cc1oc2ccccc2c1CNn1cccc1. The number of rotatable bonds is 3. The van der Waals surface area contributed by atoms with E-state index in [-0.39, 0.29) is 0 Å². The van der Waals surface area contributed by atoms with Crippen molar-refractivity contribution in [2.45, 2.75) is 13.5 Å². The van der Waals surface area contributed by atoms with Gasteiger partial charge in [-0.1, -0.05) is 18.2 Å². The minimum Gasteiger partial charge on any atom is -0.461 e. The molecular weight excluding hydrogens is 212 g/mol. The Labute approximate surface area is 99.6 Å². The van der Waals surface area contributed by atoms with Crippen LogP contribution in [-0.4, -0.2) is 4.68 Å². The van der Waals surface area contributed by atoms with Crippen LogP contribution in [-0.2, 0) is 6.54 Å². The molecule has 2 aromatic heterocycles. The van der Waals surface area contributed by atoms with Crippen LogP contribution in [0.5, 0.6) is 0 Å². The molecule has 0 amide bonds. The van der Waals surface area contributed by atoms with E-state index >= 15 is 0 Å². The molecule has 0 aliphatic carbocycles. The highest BCUT2D eigenvalue weighted by Gasteiger charge is 2.09. The predicted molar refractivity (Wildman–Crippen MR) is 68.4 cm³/mol. The number of fused-ring (bicyclic) bond motifs is 1. The zero-order chi connectivity index (χ0) is 11.7. The quantitative estimate of drug-likeness (QED) is 0.742. The molecule has 0 spiro atoms. The Morgan fingerprint density at radius 2 is 1.88 bits per heavy atom. The third-order valence-corrected chi connectivity index (χ3v) is 2.94. The molecule has 0 atom stereocenters. The van der Waals surface area contributed by atoms with E-state index in [9.17, 15) is 0 Å². The topological polar surface area (TPSA) is 30.1 Å². The zero-order valence-electron chi connectivity index (χ0n) is 9.68. The number of aryl methyl sites for hydroxylation is 1. The molecule has 0 saturated carbocycles. The number of hydrogen-bond acceptors (Lipinski definition) is 2. The first-order chi connectivity index (χ1) is 8.34. The molecule has 3 rings (SSSR count). The monoisotopic (exact) mass is 226 g/mol. The molecule has 0 bridgehead atoms. The molecule has 0 fully saturated rings. The van der Waals surface area contributed by atoms with Gasteiger partial charge in [0.1, 0.15) is 11.3 Å². The number of para-hydroxylation sites is 1. The molecule has 0 unspecified atom stereocenters. The summed E-state index contributed by atoms with van der Waals surface area (Å²) in [5, 5.41) is 1.18. The Bertz CT molecular complexity index is 623. The predicted octanol–water partition coefficient (Wildman–Crippen LogP) is 3.29. The van der Waals surface area contributed by atoms with E-state index < -0.39 is 0 Å². The number of aromatic nitrogens is 1. The van der Waals surface area contributed by atoms with Crippen molar-refractivity contribution < 1.29 is 4.42 Å². The first-order valence-corrected chi connectivity index (χ1v) is 5.68. The lowest BCUT2D eigenvalue weighted by atomic mass is 10.1. The summed E-state index contributed by atoms with van der Waals surface area (Å²) >= 11 is 0. The lowest BCUT2D eigenvalue weighted by molar-refractivity contribution is 0.571. The number of furan rings is 1. The van der Waals surface area contributed by atoms with Crippen LogP contribution in [0.15, 0.2) is 53.2 Å². The summed E-state index contributed by atoms with van der Waals surface area (Å²) in [6.45, 7) is 2.77. The highest BCUT2D eigenvalue weighted by molar-refractivity contribution is 5.82. The van der Waals surface area contributed by atoms with Gasteiger partial charge in [0.2, 0.25) is 0 Å². The number of nitrogens with one attached hydrogen (secondary N) is 1. The molecule has 0 radical (unpaired) electrons. The highest BCUT2D eigenvalue weighted by atomic mass is 16.3. The van der Waals surface area contributed by atoms with Crippen molar-refractivity contribution in [3.05, 3.63) is 60.1 Å². The van der Waals surface area contributed by atoms with Crippen molar-refractivity contribution in [1.82, 2.24) is 4.68 Å². The molecule has 0 saturated heterocycles. The summed E-state index contributed by atoms with van der Waals surface area (Å²) in [6, 6.07) is 12.1. The van der Waals surface area contributed by atoms with Gasteiger partial charge in [-0.25, -0.2) is 0 Å². The molecule has 86 valence electrons. The lowest BCUT2D eigenvalue weighted by Crippen LogP contribution is -2.12. The molecule has 2 heterocycles. The summed E-state index contributed by atoms with van der Waals surface area (Å²) < 4.78 is 7.67. The van der Waals surface area contributed by atoms with Crippen LogP contribution in [0.4, 0.5) is 0 Å². The van der Waals surface area contributed by atoms with Gasteiger partial charge in [0.05, 0.1) is 6.54 Å². The molecule has 3 nitrogen and oxygen atoms in total. The smallest absolute Gasteiger partial charge is 0.134 e. The second kappa shape index (κ2) is 4.01. The Balaban J connectivity index is 1.92. The fourth-order valence-electron chi connectivity index (χ4n) is 2.05. The summed E-state index contributed by atoms with van der Waals surface area (Å²) in [5.74, 6) is 0.978. The third kappa shape index (κ3) is 1.80. The van der Waals surface area contributed by atoms with Crippen molar-refractivity contribution in [2.75, 3.05) is 5.43 Å². The van der Waals surface area contributed by atoms with Gasteiger partial charge in [-0.05, 0) is 25.1 Å². The van der Waals surface area contributed by atoms with Gasteiger partial charge in [0.15, 0.2) is 0 Å². The minimum absolute atomic E-state index is 0.761. The van der Waals surface area contributed by atoms with Gasteiger partial charge < -0.3 is 9.84 Å². The minimum atomic E-state index is 0.761. The standard InChI is InChI=1S/C14H14N2O/c1-11-13(10-15-16-8-4-5-9-16)12-6-2-3-7-14(12)17-11/h2-9,15H,10H2,1H3. The maximum atomic E-state index is 5.72. The van der Waals surface area contributed by atoms with Gasteiger partial charge in [-0.2, -0.15) is 0 Å². The summed E-state index contributed by atoms with van der Waals surface area (Å²) in [4.78, 5) is 0. The Morgan fingerprint density at radius 3 is 2.71 bits per heavy atom. The van der Waals surface area contributed by atoms with E-state index in [1.807, 2.05) is 54.3 Å². The normalized spacial score (nSPS) is 10.9. The van der Waals surface area contributed by atoms with E-state index in [1.54, 1.807) is 0 Å². The van der Waals surface area contributed by atoms with Gasteiger partial charge in [0, 0.05) is 23.3 Å². The zero-order valence-corrected chi connectivity index (χ0v) is 9.68. The Morgan fingerprint density at radius 1 is 1.12 bits per heavy atom. The van der Waals surface area contributed by atoms with Gasteiger partial charge in [-0.15, -0.1) is 0 Å². The van der Waals surface area contributed by atoms with Gasteiger partial charge in [-0.3, -0.25) is 4.68 Å². The van der Waals surface area contributed by atoms with Crippen LogP contribution in [0, 0.1) is 6.92 Å². The first-order valence-electron chi connectivity index (χ1n) is 5.68. The second-order valence-electron chi connectivity index (χ2n) is 4.06. The number of hydrogen-bond donors (Lipinski definition) is 1. The van der Waals surface area contributed by atoms with Crippen LogP contribution in [0.25, 0.3) is 11.0 Å². The van der Waals surface area contributed by atoms with Gasteiger partial charge in [0.25, 0.3) is 0 Å². The molecule has 0 aliphatic heterocycles. The third-order valence-electron chi connectivity index (χ3n) is 2.94. The Kier molecular flexibility index (Phi) is 2.37.